The molecule has 0 aromatic carbocycles. The molecule has 1 saturated carbocycles. The molecule has 1 aliphatic rings. The van der Waals surface area contributed by atoms with Crippen LogP contribution in [0.1, 0.15) is 12.8 Å². The Kier molecular flexibility index (Phi) is 8.07. The van der Waals surface area contributed by atoms with Crippen LogP contribution in [0, 0.1) is 5.92 Å². The van der Waals surface area contributed by atoms with E-state index >= 15 is 0 Å². The molecule has 0 spiro atoms. The van der Waals surface area contributed by atoms with Crippen LogP contribution < -0.4 is 10.6 Å². The van der Waals surface area contributed by atoms with Gasteiger partial charge in [0.1, 0.15) is 6.54 Å². The van der Waals surface area contributed by atoms with E-state index in [0.717, 1.165) is 0 Å². The minimum atomic E-state index is -0.0300. The van der Waals surface area contributed by atoms with Crippen molar-refractivity contribution in [2.75, 3.05) is 54.6 Å². The first-order chi connectivity index (χ1) is 10.1. The molecule has 1 rings (SSSR count). The molecule has 0 radical (unpaired) electrons. The number of carbonyl (C=O) groups excluding carboxylic acids is 1. The number of aliphatic imine (C=N–C) groups is 1. The summed E-state index contributed by atoms with van der Waals surface area (Å²) in [5, 5.41) is 6.53. The molecule has 0 aromatic rings. The third-order valence-corrected chi connectivity index (χ3v) is 3.33. The largest absolute Gasteiger partial charge is 0.383 e. The molecule has 2 N–H and O–H groups in total. The maximum absolute atomic E-state index is 11.6. The number of hydrogen-bond donors (Lipinski definition) is 2. The zero-order valence-corrected chi connectivity index (χ0v) is 13.5. The molecule has 1 aliphatic carbocycles. The number of hydrogen-bond acceptors (Lipinski definition) is 4. The molecule has 0 bridgehead atoms. The second kappa shape index (κ2) is 9.57. The second-order valence-corrected chi connectivity index (χ2v) is 5.42. The summed E-state index contributed by atoms with van der Waals surface area (Å²) in [5.41, 5.74) is 0. The fourth-order valence-electron chi connectivity index (χ4n) is 1.86. The fraction of sp³-hybridized carbons (Fsp3) is 0.857. The summed E-state index contributed by atoms with van der Waals surface area (Å²) in [6, 6.07) is 0.234. The monoisotopic (exact) mass is 300 g/mol. The van der Waals surface area contributed by atoms with Crippen LogP contribution in [0.3, 0.4) is 0 Å². The van der Waals surface area contributed by atoms with Crippen molar-refractivity contribution in [3.63, 3.8) is 0 Å². The lowest BCUT2D eigenvalue weighted by molar-refractivity contribution is -0.127. The summed E-state index contributed by atoms with van der Waals surface area (Å²) < 4.78 is 10.3. The fourth-order valence-corrected chi connectivity index (χ4v) is 1.86. The Balaban J connectivity index is 2.56. The molecule has 21 heavy (non-hydrogen) atoms. The van der Waals surface area contributed by atoms with Crippen LogP contribution in [0.15, 0.2) is 4.99 Å². The van der Waals surface area contributed by atoms with Gasteiger partial charge in [0.05, 0.1) is 19.3 Å². The highest BCUT2D eigenvalue weighted by molar-refractivity contribution is 5.85. The van der Waals surface area contributed by atoms with Crippen molar-refractivity contribution in [3.05, 3.63) is 0 Å². The van der Waals surface area contributed by atoms with Crippen LogP contribution in [0.2, 0.25) is 0 Å². The van der Waals surface area contributed by atoms with Crippen molar-refractivity contribution in [1.29, 1.82) is 0 Å². The van der Waals surface area contributed by atoms with Gasteiger partial charge in [-0.1, -0.05) is 0 Å². The number of carbonyl (C=O) groups is 1. The van der Waals surface area contributed by atoms with Crippen LogP contribution in [-0.4, -0.2) is 77.4 Å². The molecular formula is C14H28N4O3. The minimum Gasteiger partial charge on any atom is -0.383 e. The van der Waals surface area contributed by atoms with E-state index < -0.39 is 0 Å². The van der Waals surface area contributed by atoms with E-state index in [1.807, 2.05) is 0 Å². The summed E-state index contributed by atoms with van der Waals surface area (Å²) in [5.74, 6) is 1.23. The average molecular weight is 300 g/mol. The molecule has 1 fully saturated rings. The Hall–Kier alpha value is -1.34. The van der Waals surface area contributed by atoms with Crippen molar-refractivity contribution in [1.82, 2.24) is 15.5 Å². The van der Waals surface area contributed by atoms with Crippen LogP contribution in [-0.2, 0) is 14.3 Å². The Morgan fingerprint density at radius 3 is 2.57 bits per heavy atom. The second-order valence-electron chi connectivity index (χ2n) is 5.42. The lowest BCUT2D eigenvalue weighted by atomic mass is 10.2. The lowest BCUT2D eigenvalue weighted by Crippen LogP contribution is -2.47. The number of amides is 1. The van der Waals surface area contributed by atoms with Crippen molar-refractivity contribution in [3.8, 4) is 0 Å². The SMILES string of the molecule is COCCNC(=NCC(=O)N(C)C)NC(COC)C1CC1. The Morgan fingerprint density at radius 2 is 2.05 bits per heavy atom. The van der Waals surface area contributed by atoms with Gasteiger partial charge in [-0.05, 0) is 18.8 Å². The van der Waals surface area contributed by atoms with Gasteiger partial charge in [-0.15, -0.1) is 0 Å². The molecule has 7 heteroatoms. The first kappa shape index (κ1) is 17.7. The maximum atomic E-state index is 11.6. The van der Waals surface area contributed by atoms with Gasteiger partial charge in [-0.3, -0.25) is 4.79 Å². The molecule has 1 amide bonds. The van der Waals surface area contributed by atoms with Gasteiger partial charge in [0, 0.05) is 34.9 Å². The maximum Gasteiger partial charge on any atom is 0.243 e. The van der Waals surface area contributed by atoms with E-state index in [2.05, 4.69) is 15.6 Å². The van der Waals surface area contributed by atoms with Crippen molar-refractivity contribution >= 4 is 11.9 Å². The van der Waals surface area contributed by atoms with Gasteiger partial charge >= 0.3 is 0 Å². The number of guanidine groups is 1. The number of rotatable bonds is 9. The van der Waals surface area contributed by atoms with E-state index in [0.29, 0.717) is 31.6 Å². The van der Waals surface area contributed by atoms with Crippen molar-refractivity contribution in [2.24, 2.45) is 10.9 Å². The smallest absolute Gasteiger partial charge is 0.243 e. The number of nitrogens with zero attached hydrogens (tertiary/aromatic N) is 2. The predicted octanol–water partition coefficient (Wildman–Crippen LogP) is -0.319. The van der Waals surface area contributed by atoms with Gasteiger partial charge in [-0.25, -0.2) is 4.99 Å². The molecular weight excluding hydrogens is 272 g/mol. The summed E-state index contributed by atoms with van der Waals surface area (Å²) in [7, 11) is 6.80. The topological polar surface area (TPSA) is 75.2 Å². The Morgan fingerprint density at radius 1 is 1.33 bits per heavy atom. The van der Waals surface area contributed by atoms with E-state index in [4.69, 9.17) is 9.47 Å². The van der Waals surface area contributed by atoms with Crippen LogP contribution in [0.5, 0.6) is 0 Å². The van der Waals surface area contributed by atoms with E-state index in [9.17, 15) is 4.79 Å². The normalized spacial score (nSPS) is 16.5. The molecule has 1 unspecified atom stereocenters. The van der Waals surface area contributed by atoms with E-state index in [-0.39, 0.29) is 18.5 Å². The highest BCUT2D eigenvalue weighted by atomic mass is 16.5. The molecule has 0 saturated heterocycles. The van der Waals surface area contributed by atoms with Gasteiger partial charge < -0.3 is 25.0 Å². The van der Waals surface area contributed by atoms with Gasteiger partial charge in [-0.2, -0.15) is 0 Å². The minimum absolute atomic E-state index is 0.0300. The lowest BCUT2D eigenvalue weighted by Gasteiger charge is -2.21. The molecule has 1 atom stereocenters. The molecule has 0 aromatic heterocycles. The molecule has 0 heterocycles. The zero-order valence-electron chi connectivity index (χ0n) is 13.5. The summed E-state index contributed by atoms with van der Waals surface area (Å²) in [4.78, 5) is 17.5. The van der Waals surface area contributed by atoms with E-state index in [1.54, 1.807) is 28.3 Å². The third kappa shape index (κ3) is 7.29. The Bertz CT molecular complexity index is 343. The van der Waals surface area contributed by atoms with Crippen molar-refractivity contribution < 1.29 is 14.3 Å². The number of methoxy groups -OCH3 is 2. The highest BCUT2D eigenvalue weighted by Gasteiger charge is 2.31. The standard InChI is InChI=1S/C14H28N4O3/c1-18(2)13(19)9-16-14(15-7-8-20-3)17-12(10-21-4)11-5-6-11/h11-12H,5-10H2,1-4H3,(H2,15,16,17). The molecule has 0 aliphatic heterocycles. The van der Waals surface area contributed by atoms with Crippen LogP contribution in [0.4, 0.5) is 0 Å². The van der Waals surface area contributed by atoms with Crippen molar-refractivity contribution in [2.45, 2.75) is 18.9 Å². The first-order valence-electron chi connectivity index (χ1n) is 7.31. The van der Waals surface area contributed by atoms with Gasteiger partial charge in [0.15, 0.2) is 5.96 Å². The number of likely N-dealkylation sites (N-methyl/N-ethyl adjacent to an activating group) is 1. The third-order valence-electron chi connectivity index (χ3n) is 3.33. The van der Waals surface area contributed by atoms with Gasteiger partial charge in [0.25, 0.3) is 0 Å². The van der Waals surface area contributed by atoms with Gasteiger partial charge in [0.2, 0.25) is 5.91 Å². The summed E-state index contributed by atoms with van der Waals surface area (Å²) >= 11 is 0. The highest BCUT2D eigenvalue weighted by Crippen LogP contribution is 2.32. The van der Waals surface area contributed by atoms with E-state index in [1.165, 1.54) is 17.7 Å². The molecule has 122 valence electrons. The number of ether oxygens (including phenoxy) is 2. The number of nitrogens with one attached hydrogen (secondary N) is 2. The van der Waals surface area contributed by atoms with Crippen LogP contribution in [0.25, 0.3) is 0 Å². The quantitative estimate of drug-likeness (QED) is 0.347. The molecule has 7 nitrogen and oxygen atoms in total. The first-order valence-corrected chi connectivity index (χ1v) is 7.31. The summed E-state index contributed by atoms with van der Waals surface area (Å²) in [6.07, 6.45) is 2.42. The Labute approximate surface area is 127 Å². The predicted molar refractivity (Wildman–Crippen MR) is 82.4 cm³/mol. The summed E-state index contributed by atoms with van der Waals surface area (Å²) in [6.45, 7) is 1.99. The average Bonchev–Trinajstić information content (AvgIpc) is 3.28. The van der Waals surface area contributed by atoms with Crippen LogP contribution >= 0.6 is 0 Å². The zero-order chi connectivity index (χ0) is 15.7.